The molecule has 1 atom stereocenters. The van der Waals surface area contributed by atoms with Crippen LogP contribution in [-0.4, -0.2) is 21.8 Å². The molecule has 0 radical (unpaired) electrons. The maximum atomic E-state index is 12.7. The predicted octanol–water partition coefficient (Wildman–Crippen LogP) is 5.06. The van der Waals surface area contributed by atoms with Gasteiger partial charge in [-0.15, -0.1) is 11.3 Å². The average molecular weight is 385 g/mol. The molecule has 0 aliphatic rings. The van der Waals surface area contributed by atoms with Crippen molar-refractivity contribution >= 4 is 17.2 Å². The molecule has 2 heterocycles. The first-order chi connectivity index (χ1) is 13.1. The Morgan fingerprint density at radius 1 is 1.30 bits per heavy atom. The number of thiazole rings is 1. The van der Waals surface area contributed by atoms with E-state index in [1.165, 1.54) is 6.26 Å². The number of hydrogen-bond acceptors (Lipinski definition) is 5. The lowest BCUT2D eigenvalue weighted by Gasteiger charge is -2.27. The first-order valence-electron chi connectivity index (χ1n) is 9.04. The Hall–Kier alpha value is -2.60. The number of hydrogen-bond donors (Lipinski definition) is 0. The summed E-state index contributed by atoms with van der Waals surface area (Å²) in [5, 5.41) is 2.88. The highest BCUT2D eigenvalue weighted by Gasteiger charge is 2.23. The lowest BCUT2D eigenvalue weighted by Crippen LogP contribution is -2.37. The predicted molar refractivity (Wildman–Crippen MR) is 106 cm³/mol. The molecule has 27 heavy (non-hydrogen) atoms. The molecule has 3 aromatic rings. The summed E-state index contributed by atoms with van der Waals surface area (Å²) in [6, 6.07) is 11.4. The van der Waals surface area contributed by atoms with Crippen LogP contribution in [0.25, 0.3) is 0 Å². The molecule has 0 saturated heterocycles. The van der Waals surface area contributed by atoms with Gasteiger partial charge in [0.25, 0.3) is 5.91 Å². The smallest absolute Gasteiger partial charge is 0.290 e. The molecule has 142 valence electrons. The zero-order valence-electron chi connectivity index (χ0n) is 15.8. The van der Waals surface area contributed by atoms with Crippen LogP contribution in [0.1, 0.15) is 47.1 Å². The first kappa shape index (κ1) is 19.2. The van der Waals surface area contributed by atoms with Gasteiger partial charge in [0.2, 0.25) is 0 Å². The molecule has 3 rings (SSSR count). The Kier molecular flexibility index (Phi) is 6.29. The van der Waals surface area contributed by atoms with Crippen LogP contribution in [-0.2, 0) is 13.2 Å². The summed E-state index contributed by atoms with van der Waals surface area (Å²) >= 11 is 1.55. The standard InChI is InChI=1S/C21H24N2O3S/c1-4-16(3)23(21(24)19-10-7-11-25-19)12-17-14-27-20(22-17)13-26-18-9-6-5-8-15(18)2/h5-11,14,16H,4,12-13H2,1-3H3/t16-/m1/s1. The van der Waals surface area contributed by atoms with E-state index in [0.29, 0.717) is 18.9 Å². The van der Waals surface area contributed by atoms with Gasteiger partial charge in [0.15, 0.2) is 5.76 Å². The Morgan fingerprint density at radius 2 is 2.11 bits per heavy atom. The summed E-state index contributed by atoms with van der Waals surface area (Å²) in [6.07, 6.45) is 2.38. The van der Waals surface area contributed by atoms with Gasteiger partial charge in [0.05, 0.1) is 18.5 Å². The summed E-state index contributed by atoms with van der Waals surface area (Å²) in [5.41, 5.74) is 1.96. The molecule has 0 bridgehead atoms. The second kappa shape index (κ2) is 8.86. The fourth-order valence-electron chi connectivity index (χ4n) is 2.71. The topological polar surface area (TPSA) is 55.6 Å². The fourth-order valence-corrected chi connectivity index (χ4v) is 3.41. The second-order valence-corrected chi connectivity index (χ2v) is 7.40. The Bertz CT molecular complexity index is 873. The van der Waals surface area contributed by atoms with Crippen molar-refractivity contribution in [3.63, 3.8) is 0 Å². The number of carbonyl (C=O) groups excluding carboxylic acids is 1. The first-order valence-corrected chi connectivity index (χ1v) is 9.92. The maximum Gasteiger partial charge on any atom is 0.290 e. The van der Waals surface area contributed by atoms with Gasteiger partial charge in [-0.05, 0) is 44.0 Å². The van der Waals surface area contributed by atoms with Crippen molar-refractivity contribution in [2.75, 3.05) is 0 Å². The number of aromatic nitrogens is 1. The van der Waals surface area contributed by atoms with E-state index in [-0.39, 0.29) is 11.9 Å². The van der Waals surface area contributed by atoms with Gasteiger partial charge in [-0.1, -0.05) is 25.1 Å². The van der Waals surface area contributed by atoms with Crippen molar-refractivity contribution in [2.45, 2.75) is 46.4 Å². The third-order valence-electron chi connectivity index (χ3n) is 4.49. The molecule has 0 aliphatic carbocycles. The summed E-state index contributed by atoms with van der Waals surface area (Å²) < 4.78 is 11.2. The number of aryl methyl sites for hydroxylation is 1. The third kappa shape index (κ3) is 4.77. The number of amides is 1. The summed E-state index contributed by atoms with van der Waals surface area (Å²) in [6.45, 7) is 7.00. The van der Waals surface area contributed by atoms with Crippen LogP contribution in [0.3, 0.4) is 0 Å². The molecule has 6 heteroatoms. The van der Waals surface area contributed by atoms with Crippen LogP contribution < -0.4 is 4.74 Å². The number of para-hydroxylation sites is 1. The number of rotatable bonds is 8. The van der Waals surface area contributed by atoms with E-state index in [4.69, 9.17) is 9.15 Å². The average Bonchev–Trinajstić information content (AvgIpc) is 3.36. The molecule has 1 amide bonds. The third-order valence-corrected chi connectivity index (χ3v) is 5.36. The van der Waals surface area contributed by atoms with Crippen molar-refractivity contribution < 1.29 is 13.9 Å². The van der Waals surface area contributed by atoms with Crippen LogP contribution in [0.4, 0.5) is 0 Å². The molecular formula is C21H24N2O3S. The van der Waals surface area contributed by atoms with Crippen LogP contribution in [0.15, 0.2) is 52.5 Å². The number of furan rings is 1. The molecule has 0 fully saturated rings. The van der Waals surface area contributed by atoms with Gasteiger partial charge in [-0.3, -0.25) is 4.79 Å². The van der Waals surface area contributed by atoms with Crippen LogP contribution >= 0.6 is 11.3 Å². The van der Waals surface area contributed by atoms with Crippen LogP contribution in [0.2, 0.25) is 0 Å². The lowest BCUT2D eigenvalue weighted by molar-refractivity contribution is 0.0636. The van der Waals surface area contributed by atoms with Gasteiger partial charge >= 0.3 is 0 Å². The number of nitrogens with zero attached hydrogens (tertiary/aromatic N) is 2. The molecule has 2 aromatic heterocycles. The fraction of sp³-hybridized carbons (Fsp3) is 0.333. The van der Waals surface area contributed by atoms with Crippen molar-refractivity contribution in [1.82, 2.24) is 9.88 Å². The zero-order valence-corrected chi connectivity index (χ0v) is 16.7. The molecule has 0 unspecified atom stereocenters. The normalized spacial score (nSPS) is 12.0. The van der Waals surface area contributed by atoms with Gasteiger partial charge in [0.1, 0.15) is 17.4 Å². The molecule has 0 saturated carbocycles. The van der Waals surface area contributed by atoms with E-state index in [2.05, 4.69) is 11.9 Å². The van der Waals surface area contributed by atoms with E-state index < -0.39 is 0 Å². The number of ether oxygens (including phenoxy) is 1. The van der Waals surface area contributed by atoms with Gasteiger partial charge in [-0.2, -0.15) is 0 Å². The molecule has 5 nitrogen and oxygen atoms in total. The Labute approximate surface area is 163 Å². The monoisotopic (exact) mass is 384 g/mol. The largest absolute Gasteiger partial charge is 0.486 e. The zero-order chi connectivity index (χ0) is 19.2. The second-order valence-electron chi connectivity index (χ2n) is 6.45. The minimum Gasteiger partial charge on any atom is -0.486 e. The summed E-state index contributed by atoms with van der Waals surface area (Å²) in [7, 11) is 0. The van der Waals surface area contributed by atoms with Crippen molar-refractivity contribution in [1.29, 1.82) is 0 Å². The van der Waals surface area contributed by atoms with Crippen molar-refractivity contribution in [3.8, 4) is 5.75 Å². The SMILES string of the molecule is CC[C@@H](C)N(Cc1csc(COc2ccccc2C)n1)C(=O)c1ccco1. The highest BCUT2D eigenvalue weighted by Crippen LogP contribution is 2.21. The molecular weight excluding hydrogens is 360 g/mol. The van der Waals surface area contributed by atoms with E-state index in [1.807, 2.05) is 43.5 Å². The molecule has 0 aliphatic heterocycles. The highest BCUT2D eigenvalue weighted by molar-refractivity contribution is 7.09. The minimum absolute atomic E-state index is 0.0935. The van der Waals surface area contributed by atoms with Crippen LogP contribution in [0.5, 0.6) is 5.75 Å². The lowest BCUT2D eigenvalue weighted by atomic mass is 10.2. The van der Waals surface area contributed by atoms with Gasteiger partial charge in [0, 0.05) is 11.4 Å². The van der Waals surface area contributed by atoms with Gasteiger partial charge in [-0.25, -0.2) is 4.98 Å². The number of benzene rings is 1. The summed E-state index contributed by atoms with van der Waals surface area (Å²) in [5.74, 6) is 1.11. The van der Waals surface area contributed by atoms with E-state index >= 15 is 0 Å². The van der Waals surface area contributed by atoms with E-state index in [1.54, 1.807) is 28.4 Å². The van der Waals surface area contributed by atoms with Gasteiger partial charge < -0.3 is 14.1 Å². The van der Waals surface area contributed by atoms with E-state index in [0.717, 1.165) is 28.4 Å². The summed E-state index contributed by atoms with van der Waals surface area (Å²) in [4.78, 5) is 19.2. The van der Waals surface area contributed by atoms with Crippen LogP contribution in [0, 0.1) is 6.92 Å². The maximum absolute atomic E-state index is 12.7. The van der Waals surface area contributed by atoms with Crippen molar-refractivity contribution in [3.05, 3.63) is 70.1 Å². The molecule has 0 spiro atoms. The Morgan fingerprint density at radius 3 is 2.81 bits per heavy atom. The van der Waals surface area contributed by atoms with Crippen molar-refractivity contribution in [2.24, 2.45) is 0 Å². The minimum atomic E-state index is -0.111. The highest BCUT2D eigenvalue weighted by atomic mass is 32.1. The molecule has 0 N–H and O–H groups in total. The quantitative estimate of drug-likeness (QED) is 0.544. The Balaban J connectivity index is 1.67. The number of carbonyl (C=O) groups is 1. The molecule has 1 aromatic carbocycles. The van der Waals surface area contributed by atoms with E-state index in [9.17, 15) is 4.79 Å².